The molecule has 0 aliphatic carbocycles. The number of hydrogen-bond acceptors (Lipinski definition) is 3. The molecule has 5 rings (SSSR count). The molecular weight excluding hydrogens is 462 g/mol. The van der Waals surface area contributed by atoms with Crippen molar-refractivity contribution in [3.63, 3.8) is 0 Å². The maximum atomic E-state index is 13.8. The number of halogens is 1. The summed E-state index contributed by atoms with van der Waals surface area (Å²) in [5.74, 6) is -0.429. The molecule has 1 N–H and O–H groups in total. The van der Waals surface area contributed by atoms with Gasteiger partial charge in [0, 0.05) is 22.6 Å². The second kappa shape index (κ2) is 9.68. The summed E-state index contributed by atoms with van der Waals surface area (Å²) in [5.41, 5.74) is 4.79. The average molecular weight is 486 g/mol. The van der Waals surface area contributed by atoms with Crippen molar-refractivity contribution in [1.29, 1.82) is 0 Å². The van der Waals surface area contributed by atoms with Crippen LogP contribution < -0.4 is 5.32 Å². The Hall–Kier alpha value is -4.03. The number of carbonyl (C=O) groups excluding carboxylic acids is 2. The van der Waals surface area contributed by atoms with Crippen LogP contribution in [0.1, 0.15) is 40.1 Å². The first-order valence-electron chi connectivity index (χ1n) is 11.4. The van der Waals surface area contributed by atoms with Crippen LogP contribution in [0.3, 0.4) is 0 Å². The zero-order valence-electron chi connectivity index (χ0n) is 19.1. The molecular formula is C28H24ClN3O3. The van der Waals surface area contributed by atoms with E-state index < -0.39 is 5.97 Å². The topological polar surface area (TPSA) is 63.6 Å². The van der Waals surface area contributed by atoms with Gasteiger partial charge in [0.1, 0.15) is 0 Å². The molecule has 6 nitrogen and oxygen atoms in total. The lowest BCUT2D eigenvalue weighted by Gasteiger charge is -2.31. The minimum Gasteiger partial charge on any atom is -0.462 e. The van der Waals surface area contributed by atoms with Crippen molar-refractivity contribution >= 4 is 29.3 Å². The van der Waals surface area contributed by atoms with Gasteiger partial charge in [0.2, 0.25) is 0 Å². The fourth-order valence-corrected chi connectivity index (χ4v) is 4.70. The van der Waals surface area contributed by atoms with Crippen LogP contribution in [0.25, 0.3) is 5.69 Å². The molecule has 3 aromatic carbocycles. The monoisotopic (exact) mass is 485 g/mol. The van der Waals surface area contributed by atoms with Crippen molar-refractivity contribution in [2.75, 3.05) is 11.9 Å². The summed E-state index contributed by atoms with van der Waals surface area (Å²) in [6, 6.07) is 25.7. The fraction of sp³-hybridized carbons (Fsp3) is 0.143. The lowest BCUT2D eigenvalue weighted by Crippen LogP contribution is -2.38. The van der Waals surface area contributed by atoms with Gasteiger partial charge in [-0.3, -0.25) is 0 Å². The number of carbonyl (C=O) groups is 2. The number of para-hydroxylation sites is 1. The van der Waals surface area contributed by atoms with Crippen molar-refractivity contribution in [1.82, 2.24) is 9.47 Å². The van der Waals surface area contributed by atoms with Crippen LogP contribution in [0.15, 0.2) is 91.1 Å². The predicted molar refractivity (Wildman–Crippen MR) is 136 cm³/mol. The van der Waals surface area contributed by atoms with Crippen LogP contribution in [0.4, 0.5) is 10.5 Å². The van der Waals surface area contributed by atoms with E-state index in [0.29, 0.717) is 22.8 Å². The smallest absolute Gasteiger partial charge is 0.338 e. The molecule has 0 saturated heterocycles. The van der Waals surface area contributed by atoms with E-state index in [1.165, 1.54) is 0 Å². The Morgan fingerprint density at radius 3 is 2.66 bits per heavy atom. The van der Waals surface area contributed by atoms with Gasteiger partial charge in [-0.1, -0.05) is 48.0 Å². The largest absolute Gasteiger partial charge is 0.462 e. The molecule has 7 heteroatoms. The number of nitrogens with zero attached hydrogens (tertiary/aromatic N) is 2. The molecule has 0 fully saturated rings. The molecule has 0 radical (unpaired) electrons. The number of urea groups is 1. The Labute approximate surface area is 208 Å². The summed E-state index contributed by atoms with van der Waals surface area (Å²) in [6.45, 7) is 2.43. The summed E-state index contributed by atoms with van der Waals surface area (Å²) in [5, 5.41) is 3.58. The Morgan fingerprint density at radius 1 is 1.00 bits per heavy atom. The first-order chi connectivity index (χ1) is 17.0. The molecule has 0 unspecified atom stereocenters. The third-order valence-electron chi connectivity index (χ3n) is 6.01. The first kappa shape index (κ1) is 22.7. The number of ether oxygens (including phenoxy) is 1. The number of esters is 1. The second-order valence-corrected chi connectivity index (χ2v) is 8.69. The quantitative estimate of drug-likeness (QED) is 0.338. The van der Waals surface area contributed by atoms with Crippen LogP contribution in [0, 0.1) is 0 Å². The van der Waals surface area contributed by atoms with Gasteiger partial charge in [-0.15, -0.1) is 0 Å². The number of nitrogens with one attached hydrogen (secondary N) is 1. The normalized spacial score (nSPS) is 14.5. The zero-order chi connectivity index (χ0) is 24.4. The Kier molecular flexibility index (Phi) is 6.29. The summed E-state index contributed by atoms with van der Waals surface area (Å²) >= 11 is 6.36. The van der Waals surface area contributed by atoms with Crippen LogP contribution in [-0.4, -0.2) is 28.1 Å². The van der Waals surface area contributed by atoms with Crippen molar-refractivity contribution < 1.29 is 14.3 Å². The molecule has 1 aliphatic rings. The molecule has 4 aromatic rings. The molecule has 35 heavy (non-hydrogen) atoms. The zero-order valence-corrected chi connectivity index (χ0v) is 19.9. The van der Waals surface area contributed by atoms with Gasteiger partial charge >= 0.3 is 12.0 Å². The summed E-state index contributed by atoms with van der Waals surface area (Å²) < 4.78 is 7.22. The molecule has 1 aromatic heterocycles. The number of benzene rings is 3. The van der Waals surface area contributed by atoms with Crippen molar-refractivity contribution in [3.8, 4) is 5.69 Å². The van der Waals surface area contributed by atoms with E-state index in [1.807, 2.05) is 60.8 Å². The highest BCUT2D eigenvalue weighted by Gasteiger charge is 2.33. The van der Waals surface area contributed by atoms with Gasteiger partial charge in [0.25, 0.3) is 0 Å². The number of amides is 2. The molecule has 2 amide bonds. The maximum absolute atomic E-state index is 13.8. The minimum absolute atomic E-state index is 0.281. The van der Waals surface area contributed by atoms with Gasteiger partial charge in [-0.05, 0) is 66.6 Å². The van der Waals surface area contributed by atoms with Crippen LogP contribution >= 0.6 is 11.6 Å². The van der Waals surface area contributed by atoms with Crippen molar-refractivity contribution in [2.45, 2.75) is 19.5 Å². The Bertz CT molecular complexity index is 1400. The van der Waals surface area contributed by atoms with E-state index in [1.54, 1.807) is 36.1 Å². The number of anilines is 1. The lowest BCUT2D eigenvalue weighted by atomic mass is 10.0. The third-order valence-corrected chi connectivity index (χ3v) is 6.25. The van der Waals surface area contributed by atoms with E-state index in [0.717, 1.165) is 22.5 Å². The van der Waals surface area contributed by atoms with Gasteiger partial charge in [-0.25, -0.2) is 9.59 Å². The van der Waals surface area contributed by atoms with E-state index in [4.69, 9.17) is 16.3 Å². The lowest BCUT2D eigenvalue weighted by molar-refractivity contribution is 0.0526. The molecule has 1 atom stereocenters. The number of hydrogen-bond donors (Lipinski definition) is 1. The van der Waals surface area contributed by atoms with E-state index in [2.05, 4.69) is 16.0 Å². The highest BCUT2D eigenvalue weighted by atomic mass is 35.5. The van der Waals surface area contributed by atoms with E-state index in [9.17, 15) is 9.59 Å². The fourth-order valence-electron chi connectivity index (χ4n) is 4.50. The Balaban J connectivity index is 1.56. The predicted octanol–water partition coefficient (Wildman–Crippen LogP) is 6.44. The van der Waals surface area contributed by atoms with E-state index >= 15 is 0 Å². The van der Waals surface area contributed by atoms with Gasteiger partial charge in [0.05, 0.1) is 30.4 Å². The van der Waals surface area contributed by atoms with E-state index in [-0.39, 0.29) is 18.7 Å². The first-order valence-corrected chi connectivity index (χ1v) is 11.8. The number of fused-ring (bicyclic) bond motifs is 3. The van der Waals surface area contributed by atoms with Gasteiger partial charge in [-0.2, -0.15) is 0 Å². The number of rotatable bonds is 4. The van der Waals surface area contributed by atoms with Crippen LogP contribution in [-0.2, 0) is 11.3 Å². The molecule has 0 saturated carbocycles. The van der Waals surface area contributed by atoms with Gasteiger partial charge in [0.15, 0.2) is 0 Å². The third kappa shape index (κ3) is 4.53. The standard InChI is InChI=1S/C28H24ClN3O3/c1-2-35-27(33)20-10-6-12-23(17-20)30-28(34)32-18-21-8-3-4-13-24(21)31-15-7-14-25(31)26(32)19-9-5-11-22(29)16-19/h3-17,26H,2,18H2,1H3,(H,30,34)/t26-/m1/s1. The SMILES string of the molecule is CCOC(=O)c1cccc(NC(=O)N2Cc3ccccc3-n3cccc3[C@H]2c2cccc(Cl)c2)c1. The Morgan fingerprint density at radius 2 is 1.83 bits per heavy atom. The van der Waals surface area contributed by atoms with Crippen LogP contribution in [0.5, 0.6) is 0 Å². The number of aromatic nitrogens is 1. The molecule has 0 spiro atoms. The van der Waals surface area contributed by atoms with Crippen molar-refractivity contribution in [2.24, 2.45) is 0 Å². The molecule has 2 heterocycles. The summed E-state index contributed by atoms with van der Waals surface area (Å²) in [4.78, 5) is 27.8. The average Bonchev–Trinajstić information content (AvgIpc) is 3.28. The molecule has 0 bridgehead atoms. The maximum Gasteiger partial charge on any atom is 0.338 e. The highest BCUT2D eigenvalue weighted by molar-refractivity contribution is 6.30. The molecule has 1 aliphatic heterocycles. The van der Waals surface area contributed by atoms with Crippen molar-refractivity contribution in [3.05, 3.63) is 119 Å². The molecule has 176 valence electrons. The van der Waals surface area contributed by atoms with Gasteiger partial charge < -0.3 is 19.5 Å². The minimum atomic E-state index is -0.429. The summed E-state index contributed by atoms with van der Waals surface area (Å²) in [6.07, 6.45) is 2.01. The highest BCUT2D eigenvalue weighted by Crippen LogP contribution is 2.37. The second-order valence-electron chi connectivity index (χ2n) is 8.25. The van der Waals surface area contributed by atoms with Crippen LogP contribution in [0.2, 0.25) is 5.02 Å². The summed E-state index contributed by atoms with van der Waals surface area (Å²) in [7, 11) is 0.